The van der Waals surface area contributed by atoms with Crippen LogP contribution in [0.15, 0.2) is 103 Å². The summed E-state index contributed by atoms with van der Waals surface area (Å²) in [6, 6.07) is 31.3. The van der Waals surface area contributed by atoms with Crippen LogP contribution in [0.3, 0.4) is 0 Å². The predicted molar refractivity (Wildman–Crippen MR) is 149 cm³/mol. The van der Waals surface area contributed by atoms with Gasteiger partial charge in [-0.3, -0.25) is 4.79 Å². The van der Waals surface area contributed by atoms with Crippen molar-refractivity contribution in [3.8, 4) is 5.75 Å². The molecule has 0 bridgehead atoms. The van der Waals surface area contributed by atoms with E-state index in [0.717, 1.165) is 27.8 Å². The quantitative estimate of drug-likeness (QED) is 0.243. The molecule has 1 aliphatic rings. The van der Waals surface area contributed by atoms with E-state index >= 15 is 0 Å². The first kappa shape index (κ1) is 26.9. The molecular weight excluding hydrogens is 508 g/mol. The van der Waals surface area contributed by atoms with Gasteiger partial charge in [0.2, 0.25) is 0 Å². The summed E-state index contributed by atoms with van der Waals surface area (Å²) in [7, 11) is 0. The molecular formula is C32H30N2O6. The number of nitrogens with one attached hydrogen (secondary N) is 2. The van der Waals surface area contributed by atoms with Crippen LogP contribution in [-0.4, -0.2) is 30.3 Å². The van der Waals surface area contributed by atoms with Crippen molar-refractivity contribution in [1.29, 1.82) is 0 Å². The summed E-state index contributed by atoms with van der Waals surface area (Å²) in [4.78, 5) is 24.1. The number of carbonyl (C=O) groups excluding carboxylic acids is 1. The fraction of sp³-hybridized carbons (Fsp3) is 0.188. The average molecular weight is 539 g/mol. The van der Waals surface area contributed by atoms with Crippen LogP contribution in [0.25, 0.3) is 0 Å². The normalized spacial score (nSPS) is 13.9. The number of amides is 2. The van der Waals surface area contributed by atoms with Crippen LogP contribution >= 0.6 is 0 Å². The SMILES string of the molecule is O=C(O)NC(c1ccccc1)c1cccc(OCc2ccc(C(=O)NCc3ccc(C4OCCO4)cc3)cc2)c1. The molecule has 1 aliphatic heterocycles. The average Bonchev–Trinajstić information content (AvgIpc) is 3.54. The number of hydrogen-bond donors (Lipinski definition) is 3. The van der Waals surface area contributed by atoms with Crippen LogP contribution in [0.4, 0.5) is 4.79 Å². The monoisotopic (exact) mass is 538 g/mol. The van der Waals surface area contributed by atoms with Crippen molar-refractivity contribution in [2.75, 3.05) is 13.2 Å². The van der Waals surface area contributed by atoms with Gasteiger partial charge in [-0.1, -0.05) is 78.9 Å². The fourth-order valence-corrected chi connectivity index (χ4v) is 4.46. The molecule has 0 saturated carbocycles. The molecule has 1 fully saturated rings. The zero-order valence-electron chi connectivity index (χ0n) is 21.8. The van der Waals surface area contributed by atoms with Crippen LogP contribution in [-0.2, 0) is 22.6 Å². The van der Waals surface area contributed by atoms with Crippen molar-refractivity contribution in [2.24, 2.45) is 0 Å². The summed E-state index contributed by atoms with van der Waals surface area (Å²) in [6.07, 6.45) is -1.41. The van der Waals surface area contributed by atoms with Crippen LogP contribution in [0.2, 0.25) is 0 Å². The molecule has 4 aromatic rings. The smallest absolute Gasteiger partial charge is 0.405 e. The van der Waals surface area contributed by atoms with E-state index in [0.29, 0.717) is 37.7 Å². The fourth-order valence-electron chi connectivity index (χ4n) is 4.46. The highest BCUT2D eigenvalue weighted by atomic mass is 16.7. The third-order valence-corrected chi connectivity index (χ3v) is 6.54. The van der Waals surface area contributed by atoms with E-state index in [1.165, 1.54) is 0 Å². The highest BCUT2D eigenvalue weighted by Crippen LogP contribution is 2.26. The minimum Gasteiger partial charge on any atom is -0.489 e. The van der Waals surface area contributed by atoms with Crippen molar-refractivity contribution < 1.29 is 28.9 Å². The molecule has 4 aromatic carbocycles. The van der Waals surface area contributed by atoms with Gasteiger partial charge in [-0.15, -0.1) is 0 Å². The van der Waals surface area contributed by atoms with Gasteiger partial charge in [-0.25, -0.2) is 4.79 Å². The number of ether oxygens (including phenoxy) is 3. The molecule has 0 aliphatic carbocycles. The third-order valence-electron chi connectivity index (χ3n) is 6.54. The second-order valence-corrected chi connectivity index (χ2v) is 9.35. The second kappa shape index (κ2) is 12.9. The molecule has 8 heteroatoms. The Bertz CT molecular complexity index is 1420. The number of benzene rings is 4. The molecule has 0 spiro atoms. The van der Waals surface area contributed by atoms with Gasteiger partial charge in [0.25, 0.3) is 5.91 Å². The van der Waals surface area contributed by atoms with Crippen LogP contribution in [0.5, 0.6) is 5.75 Å². The van der Waals surface area contributed by atoms with Crippen molar-refractivity contribution in [3.63, 3.8) is 0 Å². The molecule has 8 nitrogen and oxygen atoms in total. The Kier molecular flexibility index (Phi) is 8.70. The Balaban J connectivity index is 1.15. The van der Waals surface area contributed by atoms with Gasteiger partial charge < -0.3 is 30.0 Å². The van der Waals surface area contributed by atoms with E-state index in [9.17, 15) is 14.7 Å². The highest BCUT2D eigenvalue weighted by molar-refractivity contribution is 5.94. The van der Waals surface area contributed by atoms with Gasteiger partial charge in [-0.2, -0.15) is 0 Å². The molecule has 1 atom stereocenters. The van der Waals surface area contributed by atoms with Crippen LogP contribution in [0, 0.1) is 0 Å². The lowest BCUT2D eigenvalue weighted by Gasteiger charge is -2.19. The van der Waals surface area contributed by atoms with Crippen molar-refractivity contribution in [1.82, 2.24) is 10.6 Å². The first-order valence-corrected chi connectivity index (χ1v) is 13.0. The van der Waals surface area contributed by atoms with Crippen molar-refractivity contribution in [3.05, 3.63) is 137 Å². The minimum absolute atomic E-state index is 0.162. The summed E-state index contributed by atoms with van der Waals surface area (Å²) in [5, 5.41) is 14.9. The number of rotatable bonds is 10. The summed E-state index contributed by atoms with van der Waals surface area (Å²) in [6.45, 7) is 1.91. The number of carboxylic acid groups (broad SMARTS) is 1. The molecule has 3 N–H and O–H groups in total. The Morgan fingerprint density at radius 2 is 1.50 bits per heavy atom. The molecule has 2 amide bonds. The number of carbonyl (C=O) groups is 2. The molecule has 0 radical (unpaired) electrons. The summed E-state index contributed by atoms with van der Waals surface area (Å²) >= 11 is 0. The largest absolute Gasteiger partial charge is 0.489 e. The van der Waals surface area contributed by atoms with E-state index in [4.69, 9.17) is 14.2 Å². The van der Waals surface area contributed by atoms with Gasteiger partial charge in [0.05, 0.1) is 19.3 Å². The predicted octanol–water partition coefficient (Wildman–Crippen LogP) is 5.60. The lowest BCUT2D eigenvalue weighted by molar-refractivity contribution is -0.0441. The zero-order valence-corrected chi connectivity index (χ0v) is 21.8. The van der Waals surface area contributed by atoms with Gasteiger partial charge in [0.1, 0.15) is 12.4 Å². The highest BCUT2D eigenvalue weighted by Gasteiger charge is 2.18. The molecule has 5 rings (SSSR count). The molecule has 1 saturated heterocycles. The maximum atomic E-state index is 12.6. The van der Waals surface area contributed by atoms with Gasteiger partial charge in [-0.05, 0) is 46.5 Å². The third kappa shape index (κ3) is 7.05. The lowest BCUT2D eigenvalue weighted by atomic mass is 9.98. The Labute approximate surface area is 232 Å². The van der Waals surface area contributed by atoms with Gasteiger partial charge in [0, 0.05) is 17.7 Å². The second-order valence-electron chi connectivity index (χ2n) is 9.35. The maximum Gasteiger partial charge on any atom is 0.405 e. The molecule has 40 heavy (non-hydrogen) atoms. The van der Waals surface area contributed by atoms with Crippen molar-refractivity contribution >= 4 is 12.0 Å². The molecule has 204 valence electrons. The van der Waals surface area contributed by atoms with Gasteiger partial charge in [0.15, 0.2) is 6.29 Å². The van der Waals surface area contributed by atoms with Crippen LogP contribution < -0.4 is 15.4 Å². The first-order chi connectivity index (χ1) is 19.5. The molecule has 0 aromatic heterocycles. The summed E-state index contributed by atoms with van der Waals surface area (Å²) < 4.78 is 17.0. The topological polar surface area (TPSA) is 106 Å². The lowest BCUT2D eigenvalue weighted by Crippen LogP contribution is -2.27. The van der Waals surface area contributed by atoms with Crippen molar-refractivity contribution in [2.45, 2.75) is 25.5 Å². The van der Waals surface area contributed by atoms with Crippen LogP contribution in [0.1, 0.15) is 50.5 Å². The standard InChI is InChI=1S/C32H30N2O6/c35-30(33-20-22-9-15-26(16-10-22)31-38-17-18-39-31)25-13-11-23(12-14-25)21-40-28-8-4-7-27(19-28)29(34-32(36)37)24-5-2-1-3-6-24/h1-16,19,29,31,34H,17-18,20-21H2,(H,33,35)(H,36,37). The zero-order chi connectivity index (χ0) is 27.7. The maximum absolute atomic E-state index is 12.6. The van der Waals surface area contributed by atoms with E-state index in [-0.39, 0.29) is 12.2 Å². The van der Waals surface area contributed by atoms with E-state index < -0.39 is 12.1 Å². The van der Waals surface area contributed by atoms with E-state index in [1.54, 1.807) is 12.1 Å². The number of hydrogen-bond acceptors (Lipinski definition) is 5. The van der Waals surface area contributed by atoms with Gasteiger partial charge >= 0.3 is 6.09 Å². The molecule has 1 unspecified atom stereocenters. The Morgan fingerprint density at radius 3 is 2.20 bits per heavy atom. The summed E-state index contributed by atoms with van der Waals surface area (Å²) in [5.41, 5.74) is 5.01. The first-order valence-electron chi connectivity index (χ1n) is 13.0. The Hall–Kier alpha value is -4.66. The molecule has 1 heterocycles. The van der Waals surface area contributed by atoms with E-state index in [2.05, 4.69) is 10.6 Å². The summed E-state index contributed by atoms with van der Waals surface area (Å²) in [5.74, 6) is 0.453. The Morgan fingerprint density at radius 1 is 0.825 bits per heavy atom. The van der Waals surface area contributed by atoms with E-state index in [1.807, 2.05) is 91.0 Å². The minimum atomic E-state index is -1.10.